The number of carbonyl (C=O) groups excluding carboxylic acids is 1. The largest absolute Gasteiger partial charge is 0.461 e. The van der Waals surface area contributed by atoms with Gasteiger partial charge in [0, 0.05) is 16.7 Å². The van der Waals surface area contributed by atoms with Crippen LogP contribution < -0.4 is 4.74 Å². The van der Waals surface area contributed by atoms with E-state index in [1.165, 1.54) is 12.1 Å². The standard InChI is InChI=1S/C21H23FO4/c1-21(2,3)11-18(23)24-12-15-9-17(22)10-16-13-25-20(26-19(15)16)14-7-5-4-6-8-14/h4-10,20H,11-13H2,1-3H3/t20-/m0/s1. The van der Waals surface area contributed by atoms with Gasteiger partial charge in [0.1, 0.15) is 18.2 Å². The zero-order valence-corrected chi connectivity index (χ0v) is 15.3. The Bertz CT molecular complexity index is 781. The van der Waals surface area contributed by atoms with Crippen LogP contribution >= 0.6 is 0 Å². The van der Waals surface area contributed by atoms with Crippen LogP contribution in [0.1, 0.15) is 50.2 Å². The maximum Gasteiger partial charge on any atom is 0.306 e. The van der Waals surface area contributed by atoms with Crippen LogP contribution in [0.25, 0.3) is 0 Å². The van der Waals surface area contributed by atoms with E-state index in [1.807, 2.05) is 51.1 Å². The minimum atomic E-state index is -0.571. The molecule has 0 N–H and O–H groups in total. The summed E-state index contributed by atoms with van der Waals surface area (Å²) in [4.78, 5) is 12.0. The number of carbonyl (C=O) groups is 1. The van der Waals surface area contributed by atoms with Crippen molar-refractivity contribution >= 4 is 5.97 Å². The molecule has 0 fully saturated rings. The first-order chi connectivity index (χ1) is 12.3. The van der Waals surface area contributed by atoms with Gasteiger partial charge in [0.25, 0.3) is 0 Å². The number of benzene rings is 2. The normalized spacial score (nSPS) is 16.5. The fourth-order valence-corrected chi connectivity index (χ4v) is 2.80. The molecule has 4 nitrogen and oxygen atoms in total. The van der Waals surface area contributed by atoms with Gasteiger partial charge in [0.2, 0.25) is 6.29 Å². The van der Waals surface area contributed by atoms with Gasteiger partial charge in [-0.2, -0.15) is 0 Å². The third kappa shape index (κ3) is 4.61. The van der Waals surface area contributed by atoms with Crippen molar-refractivity contribution in [1.29, 1.82) is 0 Å². The lowest BCUT2D eigenvalue weighted by molar-refractivity contribution is -0.147. The highest BCUT2D eigenvalue weighted by molar-refractivity contribution is 5.70. The molecule has 2 aromatic rings. The van der Waals surface area contributed by atoms with Gasteiger partial charge in [-0.05, 0) is 17.5 Å². The van der Waals surface area contributed by atoms with Crippen LogP contribution in [-0.2, 0) is 27.5 Å². The highest BCUT2D eigenvalue weighted by atomic mass is 19.1. The molecule has 1 aliphatic heterocycles. The van der Waals surface area contributed by atoms with E-state index < -0.39 is 12.1 Å². The number of hydrogen-bond donors (Lipinski definition) is 0. The van der Waals surface area contributed by atoms with Crippen molar-refractivity contribution in [2.75, 3.05) is 0 Å². The fourth-order valence-electron chi connectivity index (χ4n) is 2.80. The van der Waals surface area contributed by atoms with Crippen molar-refractivity contribution in [1.82, 2.24) is 0 Å². The summed E-state index contributed by atoms with van der Waals surface area (Å²) in [5.41, 5.74) is 1.82. The second-order valence-corrected chi connectivity index (χ2v) is 7.62. The molecule has 0 radical (unpaired) electrons. The molecule has 0 aliphatic carbocycles. The first-order valence-corrected chi connectivity index (χ1v) is 8.62. The zero-order chi connectivity index (χ0) is 18.7. The predicted octanol–water partition coefficient (Wildman–Crippen LogP) is 4.91. The second-order valence-electron chi connectivity index (χ2n) is 7.62. The van der Waals surface area contributed by atoms with Crippen molar-refractivity contribution in [3.8, 4) is 5.75 Å². The van der Waals surface area contributed by atoms with Crippen LogP contribution in [0, 0.1) is 11.2 Å². The van der Waals surface area contributed by atoms with Crippen molar-refractivity contribution in [3.63, 3.8) is 0 Å². The van der Waals surface area contributed by atoms with Crippen molar-refractivity contribution < 1.29 is 23.4 Å². The van der Waals surface area contributed by atoms with Gasteiger partial charge in [-0.15, -0.1) is 0 Å². The van der Waals surface area contributed by atoms with E-state index in [0.717, 1.165) is 5.56 Å². The van der Waals surface area contributed by atoms with Gasteiger partial charge in [0.05, 0.1) is 13.0 Å². The minimum Gasteiger partial charge on any atom is -0.461 e. The Hall–Kier alpha value is -2.40. The molecule has 0 aromatic heterocycles. The lowest BCUT2D eigenvalue weighted by Crippen LogP contribution is -2.20. The number of ether oxygens (including phenoxy) is 3. The lowest BCUT2D eigenvalue weighted by atomic mass is 9.92. The molecule has 3 rings (SSSR count). The topological polar surface area (TPSA) is 44.8 Å². The Morgan fingerprint density at radius 2 is 1.96 bits per heavy atom. The van der Waals surface area contributed by atoms with E-state index in [9.17, 15) is 9.18 Å². The van der Waals surface area contributed by atoms with Gasteiger partial charge in [-0.1, -0.05) is 51.1 Å². The summed E-state index contributed by atoms with van der Waals surface area (Å²) in [7, 11) is 0. The Labute approximate surface area is 152 Å². The number of rotatable bonds is 4. The Kier molecular flexibility index (Phi) is 5.28. The Morgan fingerprint density at radius 1 is 1.23 bits per heavy atom. The molecule has 138 valence electrons. The second kappa shape index (κ2) is 7.46. The Morgan fingerprint density at radius 3 is 2.65 bits per heavy atom. The molecule has 0 saturated carbocycles. The molecule has 0 amide bonds. The van der Waals surface area contributed by atoms with Crippen molar-refractivity contribution in [3.05, 3.63) is 65.0 Å². The predicted molar refractivity (Wildman–Crippen MR) is 94.9 cm³/mol. The van der Waals surface area contributed by atoms with Gasteiger partial charge in [-0.3, -0.25) is 4.79 Å². The number of fused-ring (bicyclic) bond motifs is 1. The Balaban J connectivity index is 1.77. The van der Waals surface area contributed by atoms with Gasteiger partial charge in [0.15, 0.2) is 0 Å². The van der Waals surface area contributed by atoms with Crippen molar-refractivity contribution in [2.45, 2.75) is 46.7 Å². The highest BCUT2D eigenvalue weighted by Gasteiger charge is 2.26. The SMILES string of the molecule is CC(C)(C)CC(=O)OCc1cc(F)cc2c1O[C@@H](c1ccccc1)OC2. The highest BCUT2D eigenvalue weighted by Crippen LogP contribution is 2.37. The third-order valence-corrected chi connectivity index (χ3v) is 3.96. The average Bonchev–Trinajstić information content (AvgIpc) is 2.58. The number of halogens is 1. The lowest BCUT2D eigenvalue weighted by Gasteiger charge is -2.28. The summed E-state index contributed by atoms with van der Waals surface area (Å²) >= 11 is 0. The average molecular weight is 358 g/mol. The zero-order valence-electron chi connectivity index (χ0n) is 15.3. The molecular weight excluding hydrogens is 335 g/mol. The number of esters is 1. The fraction of sp³-hybridized carbons (Fsp3) is 0.381. The van der Waals surface area contributed by atoms with E-state index in [-0.39, 0.29) is 24.6 Å². The van der Waals surface area contributed by atoms with Crippen molar-refractivity contribution in [2.24, 2.45) is 5.41 Å². The number of hydrogen-bond acceptors (Lipinski definition) is 4. The van der Waals surface area contributed by atoms with Gasteiger partial charge >= 0.3 is 5.97 Å². The van der Waals surface area contributed by atoms with E-state index >= 15 is 0 Å². The molecule has 2 aromatic carbocycles. The first kappa shape index (κ1) is 18.4. The molecule has 26 heavy (non-hydrogen) atoms. The van der Waals surface area contributed by atoms with E-state index in [2.05, 4.69) is 0 Å². The first-order valence-electron chi connectivity index (χ1n) is 8.62. The monoisotopic (exact) mass is 358 g/mol. The third-order valence-electron chi connectivity index (χ3n) is 3.96. The summed E-state index contributed by atoms with van der Waals surface area (Å²) in [6.45, 7) is 6.09. The molecule has 0 spiro atoms. The summed E-state index contributed by atoms with van der Waals surface area (Å²) in [6.07, 6.45) is -0.278. The molecule has 0 unspecified atom stereocenters. The molecular formula is C21H23FO4. The quantitative estimate of drug-likeness (QED) is 0.728. The van der Waals surface area contributed by atoms with E-state index in [0.29, 0.717) is 23.3 Å². The summed E-state index contributed by atoms with van der Waals surface area (Å²) in [6, 6.07) is 12.3. The summed E-state index contributed by atoms with van der Waals surface area (Å²) < 4.78 is 30.9. The van der Waals surface area contributed by atoms with Gasteiger partial charge < -0.3 is 14.2 Å². The van der Waals surface area contributed by atoms with Gasteiger partial charge in [-0.25, -0.2) is 4.39 Å². The summed E-state index contributed by atoms with van der Waals surface area (Å²) in [5, 5.41) is 0. The maximum absolute atomic E-state index is 13.9. The molecule has 1 aliphatic rings. The van der Waals surface area contributed by atoms with Crippen LogP contribution in [-0.4, -0.2) is 5.97 Å². The summed E-state index contributed by atoms with van der Waals surface area (Å²) in [5.74, 6) is -0.201. The maximum atomic E-state index is 13.9. The molecule has 1 heterocycles. The van der Waals surface area contributed by atoms with E-state index in [4.69, 9.17) is 14.2 Å². The van der Waals surface area contributed by atoms with E-state index in [1.54, 1.807) is 0 Å². The minimum absolute atomic E-state index is 0.0312. The van der Waals surface area contributed by atoms with Crippen LogP contribution in [0.4, 0.5) is 4.39 Å². The smallest absolute Gasteiger partial charge is 0.306 e. The molecule has 0 saturated heterocycles. The molecule has 5 heteroatoms. The molecule has 0 bridgehead atoms. The van der Waals surface area contributed by atoms with Crippen LogP contribution in [0.2, 0.25) is 0 Å². The van der Waals surface area contributed by atoms with Crippen LogP contribution in [0.5, 0.6) is 5.75 Å². The van der Waals surface area contributed by atoms with Crippen LogP contribution in [0.15, 0.2) is 42.5 Å². The van der Waals surface area contributed by atoms with Crippen LogP contribution in [0.3, 0.4) is 0 Å². The molecule has 1 atom stereocenters.